The number of likely N-dealkylation sites (tertiary alicyclic amines) is 1. The van der Waals surface area contributed by atoms with Crippen LogP contribution in [0.3, 0.4) is 0 Å². The fraction of sp³-hybridized carbons (Fsp3) is 0.455. The van der Waals surface area contributed by atoms with Crippen molar-refractivity contribution in [2.45, 2.75) is 42.4 Å². The van der Waals surface area contributed by atoms with Crippen molar-refractivity contribution < 1.29 is 16.8 Å². The lowest BCUT2D eigenvalue weighted by atomic mass is 10.1. The van der Waals surface area contributed by atoms with Gasteiger partial charge in [-0.05, 0) is 81.7 Å². The Morgan fingerprint density at radius 3 is 2.27 bits per heavy atom. The molecule has 0 N–H and O–H groups in total. The molecule has 1 aliphatic heterocycles. The lowest BCUT2D eigenvalue weighted by molar-refractivity contribution is 0.326. The smallest absolute Gasteiger partial charge is 0.264 e. The average Bonchev–Trinajstić information content (AvgIpc) is 3.20. The lowest BCUT2D eigenvalue weighted by Gasteiger charge is -2.32. The molecule has 11 heteroatoms. The van der Waals surface area contributed by atoms with Crippen molar-refractivity contribution in [2.24, 2.45) is 0 Å². The van der Waals surface area contributed by atoms with E-state index in [1.54, 1.807) is 18.2 Å². The fourth-order valence-electron chi connectivity index (χ4n) is 4.06. The summed E-state index contributed by atoms with van der Waals surface area (Å²) in [7, 11) is -7.00. The first-order valence-corrected chi connectivity index (χ1v) is 15.1. The summed E-state index contributed by atoms with van der Waals surface area (Å²) in [6, 6.07) is 10.3. The third-order valence-electron chi connectivity index (χ3n) is 5.85. The normalized spacial score (nSPS) is 18.4. The number of sulfone groups is 1. The Kier molecular flexibility index (Phi) is 8.62. The van der Waals surface area contributed by atoms with E-state index in [2.05, 4.69) is 4.90 Å². The lowest BCUT2D eigenvalue weighted by Crippen LogP contribution is -2.39. The van der Waals surface area contributed by atoms with Crippen LogP contribution in [-0.2, 0) is 19.9 Å². The van der Waals surface area contributed by atoms with E-state index >= 15 is 0 Å². The van der Waals surface area contributed by atoms with Gasteiger partial charge in [0.15, 0.2) is 9.84 Å². The predicted octanol–water partition coefficient (Wildman–Crippen LogP) is 5.13. The third-order valence-corrected chi connectivity index (χ3v) is 10.2. The topological polar surface area (TPSA) is 74.8 Å². The second-order valence-corrected chi connectivity index (χ2v) is 13.8. The summed E-state index contributed by atoms with van der Waals surface area (Å²) < 4.78 is 52.2. The highest BCUT2D eigenvalue weighted by Gasteiger charge is 2.32. The largest absolute Gasteiger partial charge is 0.302 e. The van der Waals surface area contributed by atoms with Crippen molar-refractivity contribution in [2.75, 3.05) is 30.2 Å². The Morgan fingerprint density at radius 2 is 1.67 bits per heavy atom. The highest BCUT2D eigenvalue weighted by molar-refractivity contribution is 7.93. The summed E-state index contributed by atoms with van der Waals surface area (Å²) >= 11 is 18.5. The summed E-state index contributed by atoms with van der Waals surface area (Å²) in [6.45, 7) is 3.75. The van der Waals surface area contributed by atoms with Crippen LogP contribution in [0, 0.1) is 0 Å². The van der Waals surface area contributed by atoms with Gasteiger partial charge in [-0.3, -0.25) is 4.31 Å². The van der Waals surface area contributed by atoms with E-state index in [-0.39, 0.29) is 15.2 Å². The van der Waals surface area contributed by atoms with Crippen molar-refractivity contribution in [3.05, 3.63) is 57.5 Å². The Hall–Kier alpha value is -1.03. The van der Waals surface area contributed by atoms with Gasteiger partial charge >= 0.3 is 0 Å². The van der Waals surface area contributed by atoms with Gasteiger partial charge in [0.2, 0.25) is 0 Å². The molecule has 0 amide bonds. The van der Waals surface area contributed by atoms with Gasteiger partial charge in [-0.2, -0.15) is 0 Å². The zero-order valence-electron chi connectivity index (χ0n) is 18.4. The first kappa shape index (κ1) is 26.6. The van der Waals surface area contributed by atoms with Gasteiger partial charge in [0.1, 0.15) is 0 Å². The molecule has 1 fully saturated rings. The van der Waals surface area contributed by atoms with Gasteiger partial charge in [-0.15, -0.1) is 0 Å². The molecule has 0 radical (unpaired) electrons. The van der Waals surface area contributed by atoms with Gasteiger partial charge in [0.25, 0.3) is 10.0 Å². The number of anilines is 1. The van der Waals surface area contributed by atoms with Crippen LogP contribution in [0.1, 0.15) is 26.2 Å². The Balaban J connectivity index is 1.81. The van der Waals surface area contributed by atoms with E-state index in [0.29, 0.717) is 48.1 Å². The Morgan fingerprint density at radius 1 is 1.03 bits per heavy atom. The molecule has 6 nitrogen and oxygen atoms in total. The fourth-order valence-corrected chi connectivity index (χ4v) is 7.32. The van der Waals surface area contributed by atoms with Crippen LogP contribution in [0.5, 0.6) is 0 Å². The highest BCUT2D eigenvalue weighted by Crippen LogP contribution is 2.35. The van der Waals surface area contributed by atoms with Crippen molar-refractivity contribution in [1.82, 2.24) is 4.90 Å². The second-order valence-electron chi connectivity index (χ2n) is 8.38. The minimum absolute atomic E-state index is 0.102. The molecule has 0 saturated carbocycles. The van der Waals surface area contributed by atoms with Gasteiger partial charge in [-0.1, -0.05) is 34.8 Å². The predicted molar refractivity (Wildman–Crippen MR) is 136 cm³/mol. The van der Waals surface area contributed by atoms with Crippen LogP contribution in [0.25, 0.3) is 0 Å². The molecule has 182 valence electrons. The highest BCUT2D eigenvalue weighted by atomic mass is 35.5. The van der Waals surface area contributed by atoms with Crippen LogP contribution >= 0.6 is 34.8 Å². The molecule has 1 saturated heterocycles. The van der Waals surface area contributed by atoms with Crippen LogP contribution in [-0.4, -0.2) is 58.9 Å². The SMILES string of the molecule is CC(CCCN1CC[C@@H](S(C)(=O)=O)C1)N(c1cc(Cl)ccc1Cl)S(=O)(=O)c1ccc(Cl)cc1. The van der Waals surface area contributed by atoms with Gasteiger partial charge in [-0.25, -0.2) is 16.8 Å². The summed E-state index contributed by atoms with van der Waals surface area (Å²) in [5.74, 6) is 0. The summed E-state index contributed by atoms with van der Waals surface area (Å²) in [6.07, 6.45) is 3.15. The van der Waals surface area contributed by atoms with Gasteiger partial charge < -0.3 is 4.90 Å². The van der Waals surface area contributed by atoms with E-state index in [9.17, 15) is 16.8 Å². The number of hydrogen-bond donors (Lipinski definition) is 0. The molecule has 2 aromatic carbocycles. The van der Waals surface area contributed by atoms with E-state index < -0.39 is 25.9 Å². The van der Waals surface area contributed by atoms with Crippen molar-refractivity contribution in [3.63, 3.8) is 0 Å². The summed E-state index contributed by atoms with van der Waals surface area (Å²) in [5.41, 5.74) is 0.310. The first-order valence-electron chi connectivity index (χ1n) is 10.6. The molecule has 1 aliphatic rings. The molecule has 33 heavy (non-hydrogen) atoms. The minimum atomic E-state index is -3.95. The van der Waals surface area contributed by atoms with E-state index in [1.807, 2.05) is 6.92 Å². The number of sulfonamides is 1. The van der Waals surface area contributed by atoms with E-state index in [0.717, 1.165) is 6.54 Å². The maximum absolute atomic E-state index is 13.6. The maximum atomic E-state index is 13.6. The Bertz CT molecular complexity index is 1190. The minimum Gasteiger partial charge on any atom is -0.302 e. The number of benzene rings is 2. The maximum Gasteiger partial charge on any atom is 0.264 e. The summed E-state index contributed by atoms with van der Waals surface area (Å²) in [5, 5.41) is 0.760. The van der Waals surface area contributed by atoms with Gasteiger partial charge in [0, 0.05) is 28.9 Å². The molecule has 3 rings (SSSR count). The third kappa shape index (κ3) is 6.55. The molecule has 1 unspecified atom stereocenters. The molecule has 1 heterocycles. The van der Waals surface area contributed by atoms with Crippen LogP contribution in [0.4, 0.5) is 5.69 Å². The van der Waals surface area contributed by atoms with Crippen molar-refractivity contribution in [3.8, 4) is 0 Å². The zero-order chi connectivity index (χ0) is 24.4. The number of hydrogen-bond acceptors (Lipinski definition) is 5. The molecule has 0 bridgehead atoms. The van der Waals surface area contributed by atoms with E-state index in [4.69, 9.17) is 34.8 Å². The molecular formula is C22H27Cl3N2O4S2. The average molecular weight is 554 g/mol. The number of halogens is 3. The molecule has 2 atom stereocenters. The monoisotopic (exact) mass is 552 g/mol. The first-order chi connectivity index (χ1) is 15.4. The van der Waals surface area contributed by atoms with Crippen molar-refractivity contribution >= 4 is 60.4 Å². The molecule has 0 aliphatic carbocycles. The quantitative estimate of drug-likeness (QED) is 0.430. The molecule has 0 aromatic heterocycles. The van der Waals surface area contributed by atoms with E-state index in [1.165, 1.54) is 34.8 Å². The standard InChI is InChI=1S/C22H27Cl3N2O4S2/c1-16(4-3-12-26-13-11-20(15-26)32(2,28)29)27(22-14-18(24)7-10-21(22)25)33(30,31)19-8-5-17(23)6-9-19/h5-10,14,16,20H,3-4,11-13,15H2,1-2H3/t16?,20-/m1/s1. The molecule has 0 spiro atoms. The zero-order valence-corrected chi connectivity index (χ0v) is 22.3. The number of nitrogens with zero attached hydrogens (tertiary/aromatic N) is 2. The van der Waals surface area contributed by atoms with Crippen LogP contribution < -0.4 is 4.31 Å². The number of rotatable bonds is 9. The molecule has 2 aromatic rings. The van der Waals surface area contributed by atoms with Gasteiger partial charge in [0.05, 0.1) is 20.9 Å². The van der Waals surface area contributed by atoms with Crippen LogP contribution in [0.2, 0.25) is 15.1 Å². The Labute approximate surface area is 211 Å². The second kappa shape index (κ2) is 10.7. The van der Waals surface area contributed by atoms with Crippen molar-refractivity contribution in [1.29, 1.82) is 0 Å². The molecular weight excluding hydrogens is 527 g/mol. The van der Waals surface area contributed by atoms with Crippen LogP contribution in [0.15, 0.2) is 47.4 Å². The summed E-state index contributed by atoms with van der Waals surface area (Å²) in [4.78, 5) is 2.22.